The molecule has 0 aromatic carbocycles. The first-order chi connectivity index (χ1) is 16.2. The highest BCUT2D eigenvalue weighted by Crippen LogP contribution is 2.39. The van der Waals surface area contributed by atoms with E-state index in [1.165, 1.54) is 6.20 Å². The summed E-state index contributed by atoms with van der Waals surface area (Å²) in [5.74, 6) is 0.660. The number of likely N-dealkylation sites (N-methyl/N-ethyl adjacent to an activating group) is 1. The van der Waals surface area contributed by atoms with Gasteiger partial charge in [0.1, 0.15) is 17.8 Å². The predicted octanol–water partition coefficient (Wildman–Crippen LogP) is 4.63. The molecule has 1 unspecified atom stereocenters. The van der Waals surface area contributed by atoms with Crippen LogP contribution >= 0.6 is 12.6 Å². The molecule has 34 heavy (non-hydrogen) atoms. The lowest BCUT2D eigenvalue weighted by atomic mass is 9.76. The molecule has 1 atom stereocenters. The molecule has 1 aromatic heterocycles. The number of amidine groups is 1. The number of nitrogens with one attached hydrogen (secondary N) is 2. The zero-order valence-electron chi connectivity index (χ0n) is 19.3. The van der Waals surface area contributed by atoms with Crippen LogP contribution in [0.3, 0.4) is 0 Å². The number of nitrogens with zero attached hydrogens (tertiary/aromatic N) is 3. The van der Waals surface area contributed by atoms with E-state index in [2.05, 4.69) is 39.8 Å². The summed E-state index contributed by atoms with van der Waals surface area (Å²) in [5, 5.41) is 5.71. The quantitative estimate of drug-likeness (QED) is 0.264. The Morgan fingerprint density at radius 1 is 1.44 bits per heavy atom. The number of allylic oxidation sites excluding steroid dienone is 1. The van der Waals surface area contributed by atoms with Crippen LogP contribution in [0, 0.1) is 5.92 Å². The van der Waals surface area contributed by atoms with Crippen LogP contribution in [0.1, 0.15) is 44.4 Å². The van der Waals surface area contributed by atoms with E-state index in [-0.39, 0.29) is 29.1 Å². The van der Waals surface area contributed by atoms with E-state index in [1.54, 1.807) is 11.8 Å². The maximum atomic E-state index is 13.8. The molecule has 2 aliphatic rings. The second-order valence-corrected chi connectivity index (χ2v) is 8.48. The van der Waals surface area contributed by atoms with Crippen molar-refractivity contribution >= 4 is 35.9 Å². The summed E-state index contributed by atoms with van der Waals surface area (Å²) < 4.78 is 47.1. The maximum Gasteiger partial charge on any atom is 0.416 e. The van der Waals surface area contributed by atoms with E-state index in [0.29, 0.717) is 24.2 Å². The third-order valence-corrected chi connectivity index (χ3v) is 6.36. The Labute approximate surface area is 203 Å². The molecule has 2 heterocycles. The van der Waals surface area contributed by atoms with Crippen LogP contribution in [-0.2, 0) is 10.9 Å². The molecule has 186 valence electrons. The molecular formula is C23H30F3N5O2S. The van der Waals surface area contributed by atoms with Gasteiger partial charge >= 0.3 is 12.3 Å². The molecule has 1 aliphatic carbocycles. The first-order valence-corrected chi connectivity index (χ1v) is 11.9. The summed E-state index contributed by atoms with van der Waals surface area (Å²) in [5.41, 5.74) is 0.296. The number of ether oxygens (including phenoxy) is 1. The Morgan fingerprint density at radius 2 is 2.18 bits per heavy atom. The number of halogens is 3. The van der Waals surface area contributed by atoms with Crippen molar-refractivity contribution in [2.45, 2.75) is 45.4 Å². The Balaban J connectivity index is 2.14. The second kappa shape index (κ2) is 11.3. The van der Waals surface area contributed by atoms with E-state index in [9.17, 15) is 18.0 Å². The molecule has 0 bridgehead atoms. The number of amides is 1. The first-order valence-electron chi connectivity index (χ1n) is 11.2. The zero-order chi connectivity index (χ0) is 24.9. The predicted molar refractivity (Wildman–Crippen MR) is 130 cm³/mol. The maximum absolute atomic E-state index is 13.8. The van der Waals surface area contributed by atoms with Crippen LogP contribution in [0.25, 0.3) is 5.57 Å². The number of alkyl carbamates (subject to hydrolysis) is 1. The van der Waals surface area contributed by atoms with Crippen molar-refractivity contribution < 1.29 is 22.7 Å². The van der Waals surface area contributed by atoms with E-state index in [1.807, 2.05) is 6.92 Å². The van der Waals surface area contributed by atoms with E-state index >= 15 is 0 Å². The Kier molecular flexibility index (Phi) is 8.64. The number of carbonyl (C=O) groups excluding carboxylic acids is 1. The van der Waals surface area contributed by atoms with Crippen LogP contribution in [0.2, 0.25) is 0 Å². The normalized spacial score (nSPS) is 21.5. The fourth-order valence-electron chi connectivity index (χ4n) is 3.98. The molecule has 1 aliphatic heterocycles. The highest BCUT2D eigenvalue weighted by molar-refractivity contribution is 7.80. The molecule has 1 aromatic rings. The van der Waals surface area contributed by atoms with Crippen LogP contribution < -0.4 is 15.5 Å². The SMILES string of the molecule is C=CN=C1NC(=O)OC(C2CCC2)/C1=C(/C)c1cc(C(F)(F)F)cc(N(CS)CCNCC)n1. The topological polar surface area (TPSA) is 78.8 Å². The van der Waals surface area contributed by atoms with Crippen molar-refractivity contribution in [2.75, 3.05) is 30.4 Å². The lowest BCUT2D eigenvalue weighted by Crippen LogP contribution is -2.49. The minimum absolute atomic E-state index is 0.0744. The van der Waals surface area contributed by atoms with Gasteiger partial charge in [-0.05, 0) is 44.0 Å². The summed E-state index contributed by atoms with van der Waals surface area (Å²) in [4.78, 5) is 22.6. The number of anilines is 1. The molecule has 0 radical (unpaired) electrons. The number of pyridine rings is 1. The van der Waals surface area contributed by atoms with Gasteiger partial charge in [0.2, 0.25) is 0 Å². The first kappa shape index (κ1) is 26.1. The summed E-state index contributed by atoms with van der Waals surface area (Å²) in [7, 11) is 0. The molecule has 1 saturated heterocycles. The lowest BCUT2D eigenvalue weighted by Gasteiger charge is -2.38. The Hall–Kier alpha value is -2.53. The molecule has 2 N–H and O–H groups in total. The number of carbonyl (C=O) groups is 1. The summed E-state index contributed by atoms with van der Waals surface area (Å²) in [6.07, 6.45) is -1.83. The largest absolute Gasteiger partial charge is 0.441 e. The smallest absolute Gasteiger partial charge is 0.416 e. The van der Waals surface area contributed by atoms with Gasteiger partial charge in [0.05, 0.1) is 17.1 Å². The van der Waals surface area contributed by atoms with Gasteiger partial charge in [-0.25, -0.2) is 14.8 Å². The monoisotopic (exact) mass is 497 g/mol. The van der Waals surface area contributed by atoms with Gasteiger partial charge in [-0.3, -0.25) is 5.32 Å². The number of hydrogen-bond donors (Lipinski definition) is 3. The van der Waals surface area contributed by atoms with Crippen LogP contribution in [-0.4, -0.2) is 48.5 Å². The summed E-state index contributed by atoms with van der Waals surface area (Å²) in [6, 6.07) is 2.05. The van der Waals surface area contributed by atoms with Crippen LogP contribution in [0.15, 0.2) is 35.5 Å². The van der Waals surface area contributed by atoms with Crippen molar-refractivity contribution in [3.63, 3.8) is 0 Å². The molecule has 0 spiro atoms. The van der Waals surface area contributed by atoms with Crippen LogP contribution in [0.4, 0.5) is 23.8 Å². The van der Waals surface area contributed by atoms with Crippen molar-refractivity contribution in [2.24, 2.45) is 10.9 Å². The number of alkyl halides is 3. The number of thiol groups is 1. The molecule has 1 saturated carbocycles. The van der Waals surface area contributed by atoms with Gasteiger partial charge in [-0.2, -0.15) is 25.8 Å². The van der Waals surface area contributed by atoms with Crippen molar-refractivity contribution in [1.82, 2.24) is 15.6 Å². The Morgan fingerprint density at radius 3 is 2.74 bits per heavy atom. The highest BCUT2D eigenvalue weighted by atomic mass is 32.1. The van der Waals surface area contributed by atoms with Gasteiger partial charge in [-0.15, -0.1) is 0 Å². The van der Waals surface area contributed by atoms with Gasteiger partial charge in [-0.1, -0.05) is 19.9 Å². The van der Waals surface area contributed by atoms with Gasteiger partial charge in [0.15, 0.2) is 0 Å². The molecular weight excluding hydrogens is 467 g/mol. The number of aromatic nitrogens is 1. The zero-order valence-corrected chi connectivity index (χ0v) is 20.2. The van der Waals surface area contributed by atoms with Gasteiger partial charge < -0.3 is 15.0 Å². The van der Waals surface area contributed by atoms with E-state index < -0.39 is 23.9 Å². The lowest BCUT2D eigenvalue weighted by molar-refractivity contribution is -0.137. The number of aliphatic imine (C=N–C) groups is 1. The van der Waals surface area contributed by atoms with Gasteiger partial charge in [0, 0.05) is 30.8 Å². The van der Waals surface area contributed by atoms with Crippen LogP contribution in [0.5, 0.6) is 0 Å². The fourth-order valence-corrected chi connectivity index (χ4v) is 4.27. The van der Waals surface area contributed by atoms with Crippen molar-refractivity contribution in [3.05, 3.63) is 41.7 Å². The van der Waals surface area contributed by atoms with Gasteiger partial charge in [0.25, 0.3) is 0 Å². The number of hydrogen-bond acceptors (Lipinski definition) is 7. The molecule has 3 rings (SSSR count). The average molecular weight is 498 g/mol. The summed E-state index contributed by atoms with van der Waals surface area (Å²) in [6.45, 7) is 8.98. The standard InChI is InChI=1S/C23H30F3N5O2S/c1-4-27-9-10-31(13-34)18-12-16(23(24,25)26)11-17(29-18)14(3)19-20(15-7-6-8-15)33-22(32)30-21(19)28-5-2/h5,11-12,15,20,27,34H,2,4,6-10,13H2,1,3H3,(H,28,30,32)/b19-14+. The Bertz CT molecular complexity index is 976. The third kappa shape index (κ3) is 5.93. The van der Waals surface area contributed by atoms with Crippen molar-refractivity contribution in [3.8, 4) is 0 Å². The fraction of sp³-hybridized carbons (Fsp3) is 0.522. The van der Waals surface area contributed by atoms with E-state index in [0.717, 1.165) is 37.9 Å². The minimum Gasteiger partial charge on any atom is -0.441 e. The molecule has 7 nitrogen and oxygen atoms in total. The molecule has 11 heteroatoms. The second-order valence-electron chi connectivity index (χ2n) is 8.20. The number of rotatable bonds is 9. The molecule has 1 amide bonds. The summed E-state index contributed by atoms with van der Waals surface area (Å²) >= 11 is 4.30. The molecule has 2 fully saturated rings. The highest BCUT2D eigenvalue weighted by Gasteiger charge is 2.40. The average Bonchev–Trinajstić information content (AvgIpc) is 2.74. The number of cyclic esters (lactones) is 1. The minimum atomic E-state index is -4.57. The van der Waals surface area contributed by atoms with Crippen molar-refractivity contribution in [1.29, 1.82) is 0 Å². The third-order valence-electron chi connectivity index (χ3n) is 6.02. The van der Waals surface area contributed by atoms with E-state index in [4.69, 9.17) is 4.74 Å².